The fraction of sp³-hybridized carbons (Fsp3) is 0.158. The summed E-state index contributed by atoms with van der Waals surface area (Å²) in [5, 5.41) is 2.88. The quantitative estimate of drug-likeness (QED) is 0.648. The van der Waals surface area contributed by atoms with E-state index in [0.717, 1.165) is 5.56 Å². The molecule has 28 heavy (non-hydrogen) atoms. The van der Waals surface area contributed by atoms with Crippen LogP contribution < -0.4 is 14.8 Å². The first-order valence-electron chi connectivity index (χ1n) is 8.15. The van der Waals surface area contributed by atoms with Gasteiger partial charge in [-0.15, -0.1) is 8.78 Å². The zero-order valence-electron chi connectivity index (χ0n) is 14.7. The number of halogens is 3. The second-order valence-corrected chi connectivity index (χ2v) is 6.59. The number of hydrogen-bond donors (Lipinski definition) is 1. The third kappa shape index (κ3) is 3.27. The second kappa shape index (κ2) is 6.49. The van der Waals surface area contributed by atoms with E-state index in [9.17, 15) is 13.6 Å². The second-order valence-electron chi connectivity index (χ2n) is 6.18. The number of carbonyl (C=O) groups is 1. The van der Waals surface area contributed by atoms with Crippen molar-refractivity contribution in [3.05, 3.63) is 58.6 Å². The van der Waals surface area contributed by atoms with Gasteiger partial charge in [-0.25, -0.2) is 4.98 Å². The molecule has 1 aromatic carbocycles. The summed E-state index contributed by atoms with van der Waals surface area (Å²) in [5.41, 5.74) is 2.16. The monoisotopic (exact) mass is 406 g/mol. The van der Waals surface area contributed by atoms with Crippen LogP contribution in [-0.4, -0.2) is 17.2 Å². The van der Waals surface area contributed by atoms with E-state index in [1.807, 2.05) is 0 Å². The van der Waals surface area contributed by atoms with Crippen molar-refractivity contribution < 1.29 is 27.5 Å². The molecule has 1 amide bonds. The molecule has 0 spiro atoms. The molecule has 0 saturated heterocycles. The summed E-state index contributed by atoms with van der Waals surface area (Å²) in [5.74, 6) is 0.231. The number of nitrogens with one attached hydrogen (secondary N) is 1. The first kappa shape index (κ1) is 18.2. The zero-order chi connectivity index (χ0) is 20.1. The molecule has 3 aromatic rings. The molecule has 144 valence electrons. The number of fused-ring (bicyclic) bond motifs is 1. The van der Waals surface area contributed by atoms with E-state index in [-0.39, 0.29) is 22.4 Å². The predicted octanol–water partition coefficient (Wildman–Crippen LogP) is 5.19. The number of aryl methyl sites for hydroxylation is 2. The highest BCUT2D eigenvalue weighted by molar-refractivity contribution is 6.33. The average Bonchev–Trinajstić information content (AvgIpc) is 3.11. The van der Waals surface area contributed by atoms with Gasteiger partial charge in [0.2, 0.25) is 0 Å². The van der Waals surface area contributed by atoms with Gasteiger partial charge in [0.1, 0.15) is 11.6 Å². The van der Waals surface area contributed by atoms with Crippen molar-refractivity contribution in [3.63, 3.8) is 0 Å². The van der Waals surface area contributed by atoms with Crippen molar-refractivity contribution >= 4 is 23.3 Å². The van der Waals surface area contributed by atoms with Crippen molar-refractivity contribution in [1.29, 1.82) is 0 Å². The molecule has 0 aliphatic carbocycles. The summed E-state index contributed by atoms with van der Waals surface area (Å²) in [4.78, 5) is 16.6. The Morgan fingerprint density at radius 1 is 1.18 bits per heavy atom. The number of nitrogens with zero attached hydrogens (tertiary/aromatic N) is 1. The van der Waals surface area contributed by atoms with Crippen LogP contribution in [0.5, 0.6) is 11.5 Å². The highest BCUT2D eigenvalue weighted by Crippen LogP contribution is 2.46. The molecular formula is C19H13ClF2N2O4. The molecule has 0 unspecified atom stereocenters. The maximum atomic E-state index is 13.2. The van der Waals surface area contributed by atoms with E-state index in [2.05, 4.69) is 19.8 Å². The van der Waals surface area contributed by atoms with Gasteiger partial charge < -0.3 is 19.2 Å². The SMILES string of the molecule is Cc1coc(C)c1C(=O)Nc1ccc(-c2cc3c(cc2Cl)OC(F)(F)O3)cn1. The fourth-order valence-corrected chi connectivity index (χ4v) is 3.17. The zero-order valence-corrected chi connectivity index (χ0v) is 15.4. The number of benzene rings is 1. The lowest BCUT2D eigenvalue weighted by atomic mass is 10.1. The molecule has 0 fully saturated rings. The van der Waals surface area contributed by atoms with Crippen LogP contribution >= 0.6 is 11.6 Å². The van der Waals surface area contributed by atoms with Crippen LogP contribution in [0.4, 0.5) is 14.6 Å². The molecular weight excluding hydrogens is 394 g/mol. The Labute approximate surface area is 163 Å². The molecule has 4 rings (SSSR count). The lowest BCUT2D eigenvalue weighted by molar-refractivity contribution is -0.286. The Kier molecular flexibility index (Phi) is 4.23. The van der Waals surface area contributed by atoms with Crippen LogP contribution in [-0.2, 0) is 0 Å². The number of furan rings is 1. The lowest BCUT2D eigenvalue weighted by Gasteiger charge is -2.08. The molecule has 0 saturated carbocycles. The van der Waals surface area contributed by atoms with Gasteiger partial charge in [0.25, 0.3) is 5.91 Å². The van der Waals surface area contributed by atoms with Gasteiger partial charge in [0.15, 0.2) is 11.5 Å². The van der Waals surface area contributed by atoms with E-state index >= 15 is 0 Å². The maximum absolute atomic E-state index is 13.2. The molecule has 9 heteroatoms. The summed E-state index contributed by atoms with van der Waals surface area (Å²) >= 11 is 6.17. The summed E-state index contributed by atoms with van der Waals surface area (Å²) in [7, 11) is 0. The molecule has 3 heterocycles. The number of aromatic nitrogens is 1. The third-order valence-electron chi connectivity index (χ3n) is 4.19. The Bertz CT molecular complexity index is 1060. The number of carbonyl (C=O) groups excluding carboxylic acids is 1. The minimum Gasteiger partial charge on any atom is -0.469 e. The normalized spacial score (nSPS) is 14.2. The highest BCUT2D eigenvalue weighted by atomic mass is 35.5. The molecule has 0 bridgehead atoms. The minimum atomic E-state index is -3.72. The van der Waals surface area contributed by atoms with Crippen LogP contribution in [0.2, 0.25) is 5.02 Å². The first-order valence-corrected chi connectivity index (χ1v) is 8.53. The predicted molar refractivity (Wildman–Crippen MR) is 97.0 cm³/mol. The third-order valence-corrected chi connectivity index (χ3v) is 4.51. The molecule has 2 aromatic heterocycles. The first-order chi connectivity index (χ1) is 13.2. The fourth-order valence-electron chi connectivity index (χ4n) is 2.91. The van der Waals surface area contributed by atoms with E-state index < -0.39 is 6.29 Å². The van der Waals surface area contributed by atoms with Crippen LogP contribution in [0.25, 0.3) is 11.1 Å². The highest BCUT2D eigenvalue weighted by Gasteiger charge is 2.43. The van der Waals surface area contributed by atoms with E-state index in [0.29, 0.717) is 28.3 Å². The largest absolute Gasteiger partial charge is 0.586 e. The van der Waals surface area contributed by atoms with Crippen molar-refractivity contribution in [1.82, 2.24) is 4.98 Å². The summed E-state index contributed by atoms with van der Waals surface area (Å²) in [6.45, 7) is 3.47. The van der Waals surface area contributed by atoms with Crippen molar-refractivity contribution in [3.8, 4) is 22.6 Å². The molecule has 0 atom stereocenters. The van der Waals surface area contributed by atoms with Gasteiger partial charge in [0.05, 0.1) is 16.8 Å². The van der Waals surface area contributed by atoms with Gasteiger partial charge in [-0.05, 0) is 32.0 Å². The number of anilines is 1. The standard InChI is InChI=1S/C19H13ClF2N2O4/c1-9-8-26-10(2)17(9)18(25)24-16-4-3-11(7-23-16)12-5-14-15(6-13(12)20)28-19(21,22)27-14/h3-8H,1-2H3,(H,23,24,25). The summed E-state index contributed by atoms with van der Waals surface area (Å²) in [6, 6.07) is 5.84. The molecule has 6 nitrogen and oxygen atoms in total. The Hall–Kier alpha value is -3.13. The van der Waals surface area contributed by atoms with E-state index in [4.69, 9.17) is 16.0 Å². The van der Waals surface area contributed by atoms with Crippen LogP contribution in [0.15, 0.2) is 41.1 Å². The number of alkyl halides is 2. The number of hydrogen-bond acceptors (Lipinski definition) is 5. The lowest BCUT2D eigenvalue weighted by Crippen LogP contribution is -2.25. The van der Waals surface area contributed by atoms with Gasteiger partial charge in [-0.1, -0.05) is 11.6 Å². The Balaban J connectivity index is 1.57. The Morgan fingerprint density at radius 3 is 2.50 bits per heavy atom. The summed E-state index contributed by atoms with van der Waals surface area (Å²) < 4.78 is 40.5. The molecule has 1 N–H and O–H groups in total. The van der Waals surface area contributed by atoms with Crippen LogP contribution in [0.3, 0.4) is 0 Å². The van der Waals surface area contributed by atoms with E-state index in [1.165, 1.54) is 24.6 Å². The van der Waals surface area contributed by atoms with Gasteiger partial charge in [-0.2, -0.15) is 0 Å². The van der Waals surface area contributed by atoms with Gasteiger partial charge in [-0.3, -0.25) is 4.79 Å². The van der Waals surface area contributed by atoms with Crippen molar-refractivity contribution in [2.45, 2.75) is 20.1 Å². The van der Waals surface area contributed by atoms with Crippen molar-refractivity contribution in [2.24, 2.45) is 0 Å². The average molecular weight is 407 g/mol. The summed E-state index contributed by atoms with van der Waals surface area (Å²) in [6.07, 6.45) is -0.752. The maximum Gasteiger partial charge on any atom is 0.586 e. The topological polar surface area (TPSA) is 73.6 Å². The number of rotatable bonds is 3. The smallest absolute Gasteiger partial charge is 0.469 e. The number of ether oxygens (including phenoxy) is 2. The molecule has 1 aliphatic rings. The van der Waals surface area contributed by atoms with Gasteiger partial charge >= 0.3 is 6.29 Å². The number of pyridine rings is 1. The van der Waals surface area contributed by atoms with Crippen LogP contribution in [0, 0.1) is 13.8 Å². The van der Waals surface area contributed by atoms with E-state index in [1.54, 1.807) is 26.0 Å². The van der Waals surface area contributed by atoms with Crippen LogP contribution in [0.1, 0.15) is 21.7 Å². The van der Waals surface area contributed by atoms with Gasteiger partial charge in [0, 0.05) is 29.0 Å². The minimum absolute atomic E-state index is 0.118. The van der Waals surface area contributed by atoms with Crippen molar-refractivity contribution in [2.75, 3.05) is 5.32 Å². The molecule has 1 aliphatic heterocycles. The number of amides is 1. The Morgan fingerprint density at radius 2 is 1.89 bits per heavy atom. The molecule has 0 radical (unpaired) electrons.